The molecule has 3 heteroatoms. The largest absolute Gasteiger partial charge is 0.378 e. The third kappa shape index (κ3) is 4.57. The van der Waals surface area contributed by atoms with Crippen molar-refractivity contribution >= 4 is 0 Å². The van der Waals surface area contributed by atoms with Gasteiger partial charge in [-0.3, -0.25) is 0 Å². The number of rotatable bonds is 4. The number of nitrogens with one attached hydrogen (secondary N) is 1. The lowest BCUT2D eigenvalue weighted by Gasteiger charge is -2.26. The van der Waals surface area contributed by atoms with E-state index in [2.05, 4.69) is 17.1 Å². The molecule has 0 aromatic heterocycles. The topological polar surface area (TPSA) is 24.5 Å². The maximum atomic E-state index is 5.80. The van der Waals surface area contributed by atoms with Crippen molar-refractivity contribution in [2.24, 2.45) is 0 Å². The Labute approximate surface area is 106 Å². The van der Waals surface area contributed by atoms with E-state index < -0.39 is 0 Å². The van der Waals surface area contributed by atoms with Gasteiger partial charge in [0.2, 0.25) is 0 Å². The van der Waals surface area contributed by atoms with Gasteiger partial charge in [-0.1, -0.05) is 6.92 Å². The summed E-state index contributed by atoms with van der Waals surface area (Å²) in [4.78, 5) is 2.61. The minimum atomic E-state index is 0.543. The Hall–Kier alpha value is -0.120. The molecule has 0 saturated carbocycles. The monoisotopic (exact) mass is 240 g/mol. The Morgan fingerprint density at radius 1 is 1.24 bits per heavy atom. The van der Waals surface area contributed by atoms with Gasteiger partial charge in [-0.15, -0.1) is 0 Å². The second-order valence-corrected chi connectivity index (χ2v) is 5.47. The number of ether oxygens (including phenoxy) is 1. The van der Waals surface area contributed by atoms with E-state index in [0.29, 0.717) is 6.10 Å². The Morgan fingerprint density at radius 3 is 2.94 bits per heavy atom. The zero-order valence-electron chi connectivity index (χ0n) is 11.3. The fourth-order valence-corrected chi connectivity index (χ4v) is 2.91. The molecule has 0 aromatic carbocycles. The van der Waals surface area contributed by atoms with Gasteiger partial charge in [0.15, 0.2) is 0 Å². The molecule has 0 aliphatic carbocycles. The molecule has 2 saturated heterocycles. The first-order valence-electron chi connectivity index (χ1n) is 7.46. The predicted molar refractivity (Wildman–Crippen MR) is 71.3 cm³/mol. The average Bonchev–Trinajstić information content (AvgIpc) is 2.62. The molecule has 0 spiro atoms. The van der Waals surface area contributed by atoms with Gasteiger partial charge >= 0.3 is 0 Å². The van der Waals surface area contributed by atoms with Crippen LogP contribution in [0.5, 0.6) is 0 Å². The third-order valence-electron chi connectivity index (χ3n) is 4.19. The summed E-state index contributed by atoms with van der Waals surface area (Å²) >= 11 is 0. The van der Waals surface area contributed by atoms with Crippen LogP contribution in [0.15, 0.2) is 0 Å². The highest BCUT2D eigenvalue weighted by Gasteiger charge is 2.18. The van der Waals surface area contributed by atoms with Crippen LogP contribution >= 0.6 is 0 Å². The van der Waals surface area contributed by atoms with Crippen LogP contribution in [0.3, 0.4) is 0 Å². The number of hydrogen-bond acceptors (Lipinski definition) is 3. The van der Waals surface area contributed by atoms with E-state index in [4.69, 9.17) is 4.74 Å². The van der Waals surface area contributed by atoms with Crippen molar-refractivity contribution in [1.82, 2.24) is 10.2 Å². The highest BCUT2D eigenvalue weighted by atomic mass is 16.5. The summed E-state index contributed by atoms with van der Waals surface area (Å²) in [5.41, 5.74) is 0. The summed E-state index contributed by atoms with van der Waals surface area (Å²) in [5, 5.41) is 3.63. The summed E-state index contributed by atoms with van der Waals surface area (Å²) in [6.07, 6.45) is 8.26. The van der Waals surface area contributed by atoms with Gasteiger partial charge in [-0.05, 0) is 45.1 Å². The summed E-state index contributed by atoms with van der Waals surface area (Å²) < 4.78 is 5.80. The van der Waals surface area contributed by atoms with E-state index in [1.807, 2.05) is 0 Å². The third-order valence-corrected chi connectivity index (χ3v) is 4.19. The fraction of sp³-hybridized carbons (Fsp3) is 1.00. The summed E-state index contributed by atoms with van der Waals surface area (Å²) in [6.45, 7) is 8.13. The molecule has 1 N–H and O–H groups in total. The zero-order chi connectivity index (χ0) is 11.9. The number of hydrogen-bond donors (Lipinski definition) is 1. The minimum Gasteiger partial charge on any atom is -0.378 e. The van der Waals surface area contributed by atoms with E-state index in [1.165, 1.54) is 58.2 Å². The van der Waals surface area contributed by atoms with Gasteiger partial charge in [-0.2, -0.15) is 0 Å². The summed E-state index contributed by atoms with van der Waals surface area (Å²) in [7, 11) is 0. The van der Waals surface area contributed by atoms with Crippen molar-refractivity contribution in [2.45, 2.75) is 57.6 Å². The lowest BCUT2D eigenvalue weighted by atomic mass is 10.1. The van der Waals surface area contributed by atoms with Crippen LogP contribution in [-0.4, -0.2) is 49.8 Å². The average molecular weight is 240 g/mol. The lowest BCUT2D eigenvalue weighted by Crippen LogP contribution is -2.32. The van der Waals surface area contributed by atoms with Crippen LogP contribution in [0.2, 0.25) is 0 Å². The second kappa shape index (κ2) is 7.34. The van der Waals surface area contributed by atoms with E-state index in [9.17, 15) is 0 Å². The molecule has 2 fully saturated rings. The van der Waals surface area contributed by atoms with Crippen molar-refractivity contribution in [3.8, 4) is 0 Å². The van der Waals surface area contributed by atoms with E-state index in [-0.39, 0.29) is 0 Å². The van der Waals surface area contributed by atoms with Crippen LogP contribution in [0, 0.1) is 0 Å². The van der Waals surface area contributed by atoms with Crippen LogP contribution in [0.4, 0.5) is 0 Å². The molecular weight excluding hydrogens is 212 g/mol. The summed E-state index contributed by atoms with van der Waals surface area (Å²) in [6, 6.07) is 0.742. The maximum absolute atomic E-state index is 5.80. The molecule has 2 heterocycles. The molecule has 100 valence electrons. The molecule has 0 amide bonds. The molecule has 2 unspecified atom stereocenters. The molecule has 0 bridgehead atoms. The first kappa shape index (κ1) is 13.3. The molecule has 2 rings (SSSR count). The Balaban J connectivity index is 1.64. The molecule has 0 aromatic rings. The van der Waals surface area contributed by atoms with Crippen molar-refractivity contribution in [2.75, 3.05) is 32.8 Å². The molecule has 2 atom stereocenters. The Morgan fingerprint density at radius 2 is 2.18 bits per heavy atom. The van der Waals surface area contributed by atoms with Crippen LogP contribution < -0.4 is 5.32 Å². The summed E-state index contributed by atoms with van der Waals surface area (Å²) in [5.74, 6) is 0. The minimum absolute atomic E-state index is 0.543. The smallest absolute Gasteiger partial charge is 0.0587 e. The van der Waals surface area contributed by atoms with Gasteiger partial charge in [0.25, 0.3) is 0 Å². The van der Waals surface area contributed by atoms with Crippen LogP contribution in [0.25, 0.3) is 0 Å². The van der Waals surface area contributed by atoms with Gasteiger partial charge in [0.05, 0.1) is 6.10 Å². The highest BCUT2D eigenvalue weighted by Crippen LogP contribution is 2.16. The lowest BCUT2D eigenvalue weighted by molar-refractivity contribution is 0.00580. The fourth-order valence-electron chi connectivity index (χ4n) is 2.91. The Kier molecular flexibility index (Phi) is 5.75. The molecule has 0 radical (unpaired) electrons. The van der Waals surface area contributed by atoms with Crippen molar-refractivity contribution < 1.29 is 4.74 Å². The van der Waals surface area contributed by atoms with E-state index in [0.717, 1.165) is 19.2 Å². The molecule has 3 nitrogen and oxygen atoms in total. The van der Waals surface area contributed by atoms with Gasteiger partial charge in [0, 0.05) is 32.3 Å². The number of nitrogens with zero attached hydrogens (tertiary/aromatic N) is 1. The molecule has 2 aliphatic heterocycles. The normalized spacial score (nSPS) is 32.3. The highest BCUT2D eigenvalue weighted by molar-refractivity contribution is 4.75. The quantitative estimate of drug-likeness (QED) is 0.813. The first-order valence-corrected chi connectivity index (χ1v) is 7.46. The van der Waals surface area contributed by atoms with Crippen LogP contribution in [-0.2, 0) is 4.74 Å². The van der Waals surface area contributed by atoms with Crippen molar-refractivity contribution in [3.63, 3.8) is 0 Å². The molecule has 17 heavy (non-hydrogen) atoms. The maximum Gasteiger partial charge on any atom is 0.0587 e. The van der Waals surface area contributed by atoms with E-state index in [1.54, 1.807) is 0 Å². The zero-order valence-corrected chi connectivity index (χ0v) is 11.3. The SMILES string of the molecule is CCC1CCN(CCC2CCCCO2)CCN1. The standard InChI is InChI=1S/C14H28N2O/c1-2-13-6-9-16(11-8-15-13)10-7-14-5-3-4-12-17-14/h13-15H,2-12H2,1H3. The van der Waals surface area contributed by atoms with Gasteiger partial charge in [-0.25, -0.2) is 0 Å². The van der Waals surface area contributed by atoms with Gasteiger partial charge in [0.1, 0.15) is 0 Å². The van der Waals surface area contributed by atoms with Crippen LogP contribution in [0.1, 0.15) is 45.4 Å². The predicted octanol–water partition coefficient (Wildman–Crippen LogP) is 2.02. The van der Waals surface area contributed by atoms with Gasteiger partial charge < -0.3 is 15.0 Å². The van der Waals surface area contributed by atoms with E-state index >= 15 is 0 Å². The van der Waals surface area contributed by atoms with Crippen molar-refractivity contribution in [1.29, 1.82) is 0 Å². The Bertz CT molecular complexity index is 204. The van der Waals surface area contributed by atoms with Crippen molar-refractivity contribution in [3.05, 3.63) is 0 Å². The molecule has 2 aliphatic rings. The second-order valence-electron chi connectivity index (χ2n) is 5.47. The first-order chi connectivity index (χ1) is 8.38. The molecular formula is C14H28N2O.